The predicted octanol–water partition coefficient (Wildman–Crippen LogP) is 1.88. The number of carbonyl (C=O) groups excluding carboxylic acids is 1. The maximum Gasteiger partial charge on any atom is 0.237 e. The molecule has 3 unspecified atom stereocenters. The monoisotopic (exact) mass is 269 g/mol. The predicted molar refractivity (Wildman–Crippen MR) is 80.0 cm³/mol. The second-order valence-electron chi connectivity index (χ2n) is 6.19. The molecule has 0 radical (unpaired) electrons. The minimum absolute atomic E-state index is 0.0644. The van der Waals surface area contributed by atoms with Crippen LogP contribution in [0, 0.1) is 0 Å². The smallest absolute Gasteiger partial charge is 0.237 e. The minimum atomic E-state index is -0.266. The molecule has 4 heteroatoms. The number of hydrogen-bond acceptors (Lipinski definition) is 3. The van der Waals surface area contributed by atoms with Crippen LogP contribution in [0.25, 0.3) is 0 Å². The number of nitrogens with zero attached hydrogens (tertiary/aromatic N) is 1. The summed E-state index contributed by atoms with van der Waals surface area (Å²) in [5, 5.41) is 3.04. The summed E-state index contributed by atoms with van der Waals surface area (Å²) in [5.41, 5.74) is 5.96. The van der Waals surface area contributed by atoms with Crippen molar-refractivity contribution in [1.29, 1.82) is 0 Å². The molecule has 4 nitrogen and oxygen atoms in total. The fraction of sp³-hybridized carbons (Fsp3) is 0.933. The van der Waals surface area contributed by atoms with E-state index >= 15 is 0 Å². The Balaban J connectivity index is 2.53. The van der Waals surface area contributed by atoms with Crippen molar-refractivity contribution < 1.29 is 4.79 Å². The number of likely N-dealkylation sites (tertiary alicyclic amines) is 1. The Kier molecular flexibility index (Phi) is 5.81. The summed E-state index contributed by atoms with van der Waals surface area (Å²) >= 11 is 0. The number of carbonyl (C=O) groups is 1. The van der Waals surface area contributed by atoms with Crippen molar-refractivity contribution in [2.75, 3.05) is 6.54 Å². The van der Waals surface area contributed by atoms with Gasteiger partial charge in [-0.3, -0.25) is 9.69 Å². The molecule has 0 spiro atoms. The Morgan fingerprint density at radius 3 is 2.21 bits per heavy atom. The van der Waals surface area contributed by atoms with Crippen molar-refractivity contribution in [2.45, 2.75) is 84.0 Å². The van der Waals surface area contributed by atoms with Crippen molar-refractivity contribution in [1.82, 2.24) is 10.2 Å². The van der Waals surface area contributed by atoms with Crippen LogP contribution in [-0.2, 0) is 4.79 Å². The first-order chi connectivity index (χ1) is 8.84. The van der Waals surface area contributed by atoms with E-state index in [1.165, 1.54) is 12.8 Å². The Hall–Kier alpha value is -0.610. The van der Waals surface area contributed by atoms with Crippen LogP contribution in [0.15, 0.2) is 0 Å². The second-order valence-corrected chi connectivity index (χ2v) is 6.19. The standard InChI is InChI=1S/C15H31N3O/c1-6-15(16,7-2)10-17-14(19)13(5)18-11(3)8-9-12(18)4/h11-13H,6-10,16H2,1-5H3,(H,17,19). The molecule has 1 aliphatic heterocycles. The Morgan fingerprint density at radius 2 is 1.79 bits per heavy atom. The fourth-order valence-corrected chi connectivity index (χ4v) is 3.02. The van der Waals surface area contributed by atoms with Crippen molar-refractivity contribution in [3.8, 4) is 0 Å². The first kappa shape index (κ1) is 16.4. The van der Waals surface area contributed by atoms with Gasteiger partial charge in [0.2, 0.25) is 5.91 Å². The zero-order valence-electron chi connectivity index (χ0n) is 13.2. The molecule has 0 aromatic heterocycles. The summed E-state index contributed by atoms with van der Waals surface area (Å²) in [6.07, 6.45) is 4.14. The van der Waals surface area contributed by atoms with Crippen molar-refractivity contribution >= 4 is 5.91 Å². The third-order valence-corrected chi connectivity index (χ3v) is 4.87. The SMILES string of the molecule is CCC(N)(CC)CNC(=O)C(C)N1C(C)CCC1C. The number of hydrogen-bond donors (Lipinski definition) is 2. The van der Waals surface area contributed by atoms with Gasteiger partial charge in [0.15, 0.2) is 0 Å². The van der Waals surface area contributed by atoms with Crippen LogP contribution >= 0.6 is 0 Å². The molecule has 0 aromatic carbocycles. The van der Waals surface area contributed by atoms with E-state index in [1.807, 2.05) is 6.92 Å². The Labute approximate surface area is 118 Å². The van der Waals surface area contributed by atoms with Gasteiger partial charge in [0.05, 0.1) is 6.04 Å². The molecule has 1 saturated heterocycles. The molecule has 0 bridgehead atoms. The van der Waals surface area contributed by atoms with Gasteiger partial charge in [0.25, 0.3) is 0 Å². The molecule has 0 saturated carbocycles. The molecule has 0 aromatic rings. The van der Waals surface area contributed by atoms with Crippen LogP contribution in [0.1, 0.15) is 60.3 Å². The molecule has 1 fully saturated rings. The van der Waals surface area contributed by atoms with Crippen LogP contribution < -0.4 is 11.1 Å². The largest absolute Gasteiger partial charge is 0.353 e. The average Bonchev–Trinajstić information content (AvgIpc) is 2.74. The van der Waals surface area contributed by atoms with Gasteiger partial charge in [-0.1, -0.05) is 13.8 Å². The van der Waals surface area contributed by atoms with Crippen LogP contribution in [-0.4, -0.2) is 41.0 Å². The van der Waals surface area contributed by atoms with E-state index in [4.69, 9.17) is 5.73 Å². The van der Waals surface area contributed by atoms with Gasteiger partial charge in [-0.15, -0.1) is 0 Å². The Bertz CT molecular complexity index is 292. The van der Waals surface area contributed by atoms with Crippen LogP contribution in [0.5, 0.6) is 0 Å². The fourth-order valence-electron chi connectivity index (χ4n) is 3.02. The topological polar surface area (TPSA) is 58.4 Å². The van der Waals surface area contributed by atoms with E-state index in [0.29, 0.717) is 18.6 Å². The Morgan fingerprint density at radius 1 is 1.32 bits per heavy atom. The molecule has 112 valence electrons. The summed E-state index contributed by atoms with van der Waals surface area (Å²) in [5.74, 6) is 0.109. The summed E-state index contributed by atoms with van der Waals surface area (Å²) in [6.45, 7) is 11.1. The average molecular weight is 269 g/mol. The van der Waals surface area contributed by atoms with E-state index in [2.05, 4.69) is 37.9 Å². The van der Waals surface area contributed by atoms with Gasteiger partial charge in [-0.05, 0) is 46.5 Å². The van der Waals surface area contributed by atoms with Gasteiger partial charge < -0.3 is 11.1 Å². The zero-order chi connectivity index (χ0) is 14.6. The molecule has 0 aliphatic carbocycles. The lowest BCUT2D eigenvalue weighted by molar-refractivity contribution is -0.127. The number of amides is 1. The number of nitrogens with one attached hydrogen (secondary N) is 1. The maximum atomic E-state index is 12.3. The summed E-state index contributed by atoms with van der Waals surface area (Å²) in [4.78, 5) is 14.6. The quantitative estimate of drug-likeness (QED) is 0.774. The minimum Gasteiger partial charge on any atom is -0.353 e. The van der Waals surface area contributed by atoms with Gasteiger partial charge in [-0.25, -0.2) is 0 Å². The van der Waals surface area contributed by atoms with Crippen molar-refractivity contribution in [3.63, 3.8) is 0 Å². The van der Waals surface area contributed by atoms with Crippen LogP contribution in [0.4, 0.5) is 0 Å². The highest BCUT2D eigenvalue weighted by molar-refractivity contribution is 5.81. The normalized spacial score (nSPS) is 26.4. The molecular formula is C15H31N3O. The lowest BCUT2D eigenvalue weighted by Gasteiger charge is -2.33. The highest BCUT2D eigenvalue weighted by atomic mass is 16.2. The van der Waals surface area contributed by atoms with Crippen LogP contribution in [0.3, 0.4) is 0 Å². The maximum absolute atomic E-state index is 12.3. The van der Waals surface area contributed by atoms with E-state index in [1.54, 1.807) is 0 Å². The number of rotatable bonds is 6. The molecule has 3 atom stereocenters. The van der Waals surface area contributed by atoms with E-state index in [-0.39, 0.29) is 17.5 Å². The first-order valence-corrected chi connectivity index (χ1v) is 7.68. The molecular weight excluding hydrogens is 238 g/mol. The lowest BCUT2D eigenvalue weighted by atomic mass is 9.94. The number of nitrogens with two attached hydrogens (primary N) is 1. The third-order valence-electron chi connectivity index (χ3n) is 4.87. The van der Waals surface area contributed by atoms with E-state index < -0.39 is 0 Å². The molecule has 19 heavy (non-hydrogen) atoms. The van der Waals surface area contributed by atoms with Gasteiger partial charge in [-0.2, -0.15) is 0 Å². The molecule has 1 aliphatic rings. The van der Waals surface area contributed by atoms with Crippen molar-refractivity contribution in [3.05, 3.63) is 0 Å². The summed E-state index contributed by atoms with van der Waals surface area (Å²) in [6, 6.07) is 0.928. The molecule has 1 amide bonds. The molecule has 3 N–H and O–H groups in total. The lowest BCUT2D eigenvalue weighted by Crippen LogP contribution is -2.54. The highest BCUT2D eigenvalue weighted by Crippen LogP contribution is 2.25. The van der Waals surface area contributed by atoms with E-state index in [0.717, 1.165) is 12.8 Å². The van der Waals surface area contributed by atoms with Crippen molar-refractivity contribution in [2.24, 2.45) is 5.73 Å². The van der Waals surface area contributed by atoms with Gasteiger partial charge in [0.1, 0.15) is 0 Å². The zero-order valence-corrected chi connectivity index (χ0v) is 13.2. The second kappa shape index (κ2) is 6.71. The molecule has 1 rings (SSSR count). The first-order valence-electron chi connectivity index (χ1n) is 7.68. The highest BCUT2D eigenvalue weighted by Gasteiger charge is 2.34. The van der Waals surface area contributed by atoms with Gasteiger partial charge in [0, 0.05) is 24.2 Å². The van der Waals surface area contributed by atoms with E-state index in [9.17, 15) is 4.79 Å². The van der Waals surface area contributed by atoms with Gasteiger partial charge >= 0.3 is 0 Å². The molecule has 1 heterocycles. The summed E-state index contributed by atoms with van der Waals surface area (Å²) < 4.78 is 0. The summed E-state index contributed by atoms with van der Waals surface area (Å²) in [7, 11) is 0. The third kappa shape index (κ3) is 3.93. The van der Waals surface area contributed by atoms with Crippen LogP contribution in [0.2, 0.25) is 0 Å².